The van der Waals surface area contributed by atoms with E-state index in [4.69, 9.17) is 22.4 Å². The minimum absolute atomic E-state index is 0.0271. The summed E-state index contributed by atoms with van der Waals surface area (Å²) in [4.78, 5) is -0.0271. The fraction of sp³-hybridized carbons (Fsp3) is 0.500. The number of hydrogen-bond donors (Lipinski definition) is 1. The highest BCUT2D eigenvalue weighted by atomic mass is 32.2. The van der Waals surface area contributed by atoms with Gasteiger partial charge in [-0.25, -0.2) is 8.42 Å². The molecule has 0 saturated heterocycles. The second-order valence-corrected chi connectivity index (χ2v) is 6.68. The number of aryl methyl sites for hydroxylation is 1. The molecule has 0 amide bonds. The van der Waals surface area contributed by atoms with Gasteiger partial charge >= 0.3 is 0 Å². The molecule has 0 radical (unpaired) electrons. The van der Waals surface area contributed by atoms with Gasteiger partial charge in [-0.3, -0.25) is 0 Å². The van der Waals surface area contributed by atoms with Gasteiger partial charge in [-0.15, -0.1) is 0 Å². The molecule has 0 spiro atoms. The van der Waals surface area contributed by atoms with Gasteiger partial charge in [0.2, 0.25) is 10.0 Å². The highest BCUT2D eigenvalue weighted by Gasteiger charge is 2.28. The molecule has 1 aromatic heterocycles. The molecule has 0 aliphatic rings. The van der Waals surface area contributed by atoms with E-state index in [-0.39, 0.29) is 11.5 Å². The molecule has 0 fully saturated rings. The minimum atomic E-state index is -3.51. The molecule has 0 bridgehead atoms. The smallest absolute Gasteiger partial charge is 0.223 e. The minimum Gasteiger partial charge on any atom is -0.469 e. The summed E-state index contributed by atoms with van der Waals surface area (Å²) in [6.45, 7) is 3.51. The van der Waals surface area contributed by atoms with Crippen LogP contribution in [0.3, 0.4) is 0 Å². The summed E-state index contributed by atoms with van der Waals surface area (Å²) in [7, 11) is -2.01. The van der Waals surface area contributed by atoms with Gasteiger partial charge in [0.05, 0.1) is 11.3 Å². The Balaban J connectivity index is 2.87. The van der Waals surface area contributed by atoms with Gasteiger partial charge in [0.15, 0.2) is 0 Å². The maximum Gasteiger partial charge on any atom is 0.223 e. The van der Waals surface area contributed by atoms with Crippen LogP contribution in [0.5, 0.6) is 0 Å². The van der Waals surface area contributed by atoms with E-state index >= 15 is 0 Å². The first-order chi connectivity index (χ1) is 7.76. The Kier molecular flexibility index (Phi) is 4.29. The predicted molar refractivity (Wildman–Crippen MR) is 70.1 cm³/mol. The second kappa shape index (κ2) is 5.16. The number of furan rings is 1. The van der Waals surface area contributed by atoms with Gasteiger partial charge in [-0.2, -0.15) is 4.31 Å². The maximum absolute atomic E-state index is 12.0. The number of rotatable bonds is 5. The Hall–Kier alpha value is -0.920. The summed E-state index contributed by atoms with van der Waals surface area (Å²) in [5.41, 5.74) is 6.20. The molecule has 1 atom stereocenters. The van der Waals surface area contributed by atoms with Crippen LogP contribution in [0.25, 0.3) is 0 Å². The van der Waals surface area contributed by atoms with Crippen LogP contribution in [0.15, 0.2) is 16.7 Å². The standard InChI is InChI=1S/C10H16N2O3S2/c1-7-9(4-5-15-7)6-12(3)17(13,14)8(2)10(11)16/h4-5,8H,6H2,1-3H3,(H2,11,16). The average molecular weight is 276 g/mol. The zero-order chi connectivity index (χ0) is 13.2. The molecule has 0 aromatic carbocycles. The Bertz CT molecular complexity index is 507. The first-order valence-corrected chi connectivity index (χ1v) is 6.95. The van der Waals surface area contributed by atoms with Crippen molar-refractivity contribution in [1.29, 1.82) is 0 Å². The van der Waals surface area contributed by atoms with Gasteiger partial charge in [0, 0.05) is 19.2 Å². The molecule has 1 aromatic rings. The molecule has 5 nitrogen and oxygen atoms in total. The van der Waals surface area contributed by atoms with Crippen molar-refractivity contribution in [2.75, 3.05) is 7.05 Å². The zero-order valence-corrected chi connectivity index (χ0v) is 11.6. The van der Waals surface area contributed by atoms with E-state index in [0.717, 1.165) is 5.56 Å². The highest BCUT2D eigenvalue weighted by Crippen LogP contribution is 2.15. The number of hydrogen-bond acceptors (Lipinski definition) is 4. The van der Waals surface area contributed by atoms with Crippen molar-refractivity contribution >= 4 is 27.2 Å². The number of nitrogens with zero attached hydrogens (tertiary/aromatic N) is 1. The van der Waals surface area contributed by atoms with E-state index in [0.29, 0.717) is 5.76 Å². The van der Waals surface area contributed by atoms with Crippen LogP contribution in [0, 0.1) is 6.92 Å². The molecule has 1 heterocycles. The highest BCUT2D eigenvalue weighted by molar-refractivity contribution is 7.92. The van der Waals surface area contributed by atoms with Crippen LogP contribution < -0.4 is 5.73 Å². The van der Waals surface area contributed by atoms with Crippen LogP contribution >= 0.6 is 12.2 Å². The molecule has 0 aliphatic heterocycles. The SMILES string of the molecule is Cc1occc1CN(C)S(=O)(=O)C(C)C(N)=S. The van der Waals surface area contributed by atoms with Crippen molar-refractivity contribution < 1.29 is 12.8 Å². The van der Waals surface area contributed by atoms with Gasteiger partial charge in [-0.05, 0) is 19.9 Å². The van der Waals surface area contributed by atoms with Gasteiger partial charge in [-0.1, -0.05) is 12.2 Å². The van der Waals surface area contributed by atoms with Crippen LogP contribution in [-0.2, 0) is 16.6 Å². The molecule has 1 rings (SSSR count). The van der Waals surface area contributed by atoms with E-state index in [1.54, 1.807) is 13.0 Å². The Labute approximate surface area is 107 Å². The first kappa shape index (κ1) is 14.1. The van der Waals surface area contributed by atoms with Gasteiger partial charge < -0.3 is 10.2 Å². The van der Waals surface area contributed by atoms with Crippen LogP contribution in [-0.4, -0.2) is 30.0 Å². The lowest BCUT2D eigenvalue weighted by Crippen LogP contribution is -2.40. The van der Waals surface area contributed by atoms with Crippen molar-refractivity contribution in [2.45, 2.75) is 25.6 Å². The topological polar surface area (TPSA) is 76.5 Å². The summed E-state index contributed by atoms with van der Waals surface area (Å²) in [5.74, 6) is 0.704. The summed E-state index contributed by atoms with van der Waals surface area (Å²) in [6.07, 6.45) is 1.53. The molecule has 1 unspecified atom stereocenters. The number of nitrogens with two attached hydrogens (primary N) is 1. The largest absolute Gasteiger partial charge is 0.469 e. The van der Waals surface area contributed by atoms with Crippen molar-refractivity contribution in [3.63, 3.8) is 0 Å². The van der Waals surface area contributed by atoms with E-state index in [9.17, 15) is 8.42 Å². The molecule has 0 saturated carbocycles. The van der Waals surface area contributed by atoms with Crippen molar-refractivity contribution in [3.8, 4) is 0 Å². The van der Waals surface area contributed by atoms with Crippen molar-refractivity contribution in [1.82, 2.24) is 4.31 Å². The molecular formula is C10H16N2O3S2. The summed E-state index contributed by atoms with van der Waals surface area (Å²) >= 11 is 4.71. The van der Waals surface area contributed by atoms with Gasteiger partial charge in [0.1, 0.15) is 11.0 Å². The Morgan fingerprint density at radius 1 is 1.65 bits per heavy atom. The van der Waals surface area contributed by atoms with E-state index in [1.807, 2.05) is 0 Å². The van der Waals surface area contributed by atoms with E-state index < -0.39 is 15.3 Å². The fourth-order valence-corrected chi connectivity index (χ4v) is 2.84. The molecule has 17 heavy (non-hydrogen) atoms. The number of thiocarbonyl (C=S) groups is 1. The number of sulfonamides is 1. The molecule has 7 heteroatoms. The quantitative estimate of drug-likeness (QED) is 0.813. The van der Waals surface area contributed by atoms with E-state index in [1.165, 1.54) is 24.5 Å². The normalized spacial score (nSPS) is 13.9. The summed E-state index contributed by atoms with van der Waals surface area (Å²) in [5, 5.41) is -0.866. The fourth-order valence-electron chi connectivity index (χ4n) is 1.32. The molecular weight excluding hydrogens is 260 g/mol. The lowest BCUT2D eigenvalue weighted by Gasteiger charge is -2.20. The Morgan fingerprint density at radius 3 is 2.65 bits per heavy atom. The third-order valence-corrected chi connectivity index (χ3v) is 5.29. The molecule has 96 valence electrons. The van der Waals surface area contributed by atoms with E-state index in [2.05, 4.69) is 0 Å². The maximum atomic E-state index is 12.0. The average Bonchev–Trinajstić information content (AvgIpc) is 2.63. The monoisotopic (exact) mass is 276 g/mol. The predicted octanol–water partition coefficient (Wildman–Crippen LogP) is 1.02. The first-order valence-electron chi connectivity index (χ1n) is 5.04. The zero-order valence-electron chi connectivity index (χ0n) is 10.0. The molecule has 2 N–H and O–H groups in total. The third-order valence-electron chi connectivity index (χ3n) is 2.64. The lowest BCUT2D eigenvalue weighted by molar-refractivity contribution is 0.456. The molecule has 0 aliphatic carbocycles. The van der Waals surface area contributed by atoms with Crippen LogP contribution in [0.1, 0.15) is 18.2 Å². The van der Waals surface area contributed by atoms with Crippen molar-refractivity contribution in [2.24, 2.45) is 5.73 Å². The van der Waals surface area contributed by atoms with Crippen LogP contribution in [0.4, 0.5) is 0 Å². The van der Waals surface area contributed by atoms with Gasteiger partial charge in [0.25, 0.3) is 0 Å². The summed E-state index contributed by atoms with van der Waals surface area (Å²) in [6, 6.07) is 1.74. The second-order valence-electron chi connectivity index (χ2n) is 3.85. The third kappa shape index (κ3) is 3.05. The van der Waals surface area contributed by atoms with Crippen LogP contribution in [0.2, 0.25) is 0 Å². The Morgan fingerprint density at radius 2 is 2.24 bits per heavy atom. The van der Waals surface area contributed by atoms with Crippen molar-refractivity contribution in [3.05, 3.63) is 23.7 Å². The lowest BCUT2D eigenvalue weighted by atomic mass is 10.3. The summed E-state index contributed by atoms with van der Waals surface area (Å²) < 4.78 is 30.4.